The smallest absolute Gasteiger partial charge is 0.230 e. The van der Waals surface area contributed by atoms with Gasteiger partial charge in [0.2, 0.25) is 15.9 Å². The zero-order valence-electron chi connectivity index (χ0n) is 14.2. The SMILES string of the molecule is O=C(NCCS(=O)(=O)NCc1ccccc1)C1(c2cccc(Cl)c2)CC1. The van der Waals surface area contributed by atoms with Gasteiger partial charge < -0.3 is 5.32 Å². The van der Waals surface area contributed by atoms with E-state index in [9.17, 15) is 13.2 Å². The minimum absolute atomic E-state index is 0.0747. The molecule has 0 aliphatic heterocycles. The Bertz CT molecular complexity index is 881. The molecule has 2 aromatic carbocycles. The highest BCUT2D eigenvalue weighted by Crippen LogP contribution is 2.48. The molecule has 3 rings (SSSR count). The van der Waals surface area contributed by atoms with Crippen LogP contribution in [-0.4, -0.2) is 26.6 Å². The number of carbonyl (C=O) groups is 1. The van der Waals surface area contributed by atoms with E-state index in [4.69, 9.17) is 11.6 Å². The van der Waals surface area contributed by atoms with Gasteiger partial charge in [0.25, 0.3) is 0 Å². The highest BCUT2D eigenvalue weighted by Gasteiger charge is 2.51. The summed E-state index contributed by atoms with van der Waals surface area (Å²) in [6.45, 7) is 0.314. The molecule has 0 bridgehead atoms. The molecular formula is C19H21ClN2O3S. The molecule has 5 nitrogen and oxygen atoms in total. The Labute approximate surface area is 158 Å². The zero-order valence-corrected chi connectivity index (χ0v) is 15.8. The fourth-order valence-corrected chi connectivity index (χ4v) is 3.98. The fourth-order valence-electron chi connectivity index (χ4n) is 2.89. The topological polar surface area (TPSA) is 75.3 Å². The zero-order chi connectivity index (χ0) is 18.6. The second-order valence-corrected chi connectivity index (χ2v) is 8.84. The van der Waals surface area contributed by atoms with Gasteiger partial charge in [-0.2, -0.15) is 0 Å². The van der Waals surface area contributed by atoms with Crippen molar-refractivity contribution in [3.05, 3.63) is 70.7 Å². The summed E-state index contributed by atoms with van der Waals surface area (Å²) in [6.07, 6.45) is 1.50. The van der Waals surface area contributed by atoms with E-state index < -0.39 is 15.4 Å². The van der Waals surface area contributed by atoms with Gasteiger partial charge in [-0.25, -0.2) is 13.1 Å². The third-order valence-corrected chi connectivity index (χ3v) is 6.12. The van der Waals surface area contributed by atoms with Crippen molar-refractivity contribution < 1.29 is 13.2 Å². The number of sulfonamides is 1. The second-order valence-electron chi connectivity index (χ2n) is 6.47. The van der Waals surface area contributed by atoms with Gasteiger partial charge in [-0.1, -0.05) is 54.1 Å². The van der Waals surface area contributed by atoms with Crippen LogP contribution in [0.25, 0.3) is 0 Å². The van der Waals surface area contributed by atoms with Gasteiger partial charge in [0.15, 0.2) is 0 Å². The predicted octanol–water partition coefficient (Wildman–Crippen LogP) is 2.61. The van der Waals surface area contributed by atoms with Crippen molar-refractivity contribution >= 4 is 27.5 Å². The van der Waals surface area contributed by atoms with Crippen LogP contribution in [0.5, 0.6) is 0 Å². The van der Waals surface area contributed by atoms with Crippen molar-refractivity contribution in [2.45, 2.75) is 24.8 Å². The fraction of sp³-hybridized carbons (Fsp3) is 0.316. The Morgan fingerprint density at radius 1 is 1.08 bits per heavy atom. The summed E-state index contributed by atoms with van der Waals surface area (Å²) < 4.78 is 26.7. The third-order valence-electron chi connectivity index (χ3n) is 4.56. The number of nitrogens with one attached hydrogen (secondary N) is 2. The van der Waals surface area contributed by atoms with E-state index in [1.54, 1.807) is 12.1 Å². The lowest BCUT2D eigenvalue weighted by Crippen LogP contribution is -2.39. The molecule has 1 aliphatic carbocycles. The number of hydrogen-bond acceptors (Lipinski definition) is 3. The molecule has 26 heavy (non-hydrogen) atoms. The molecule has 2 aromatic rings. The molecule has 0 radical (unpaired) electrons. The lowest BCUT2D eigenvalue weighted by molar-refractivity contribution is -0.123. The van der Waals surface area contributed by atoms with E-state index in [1.807, 2.05) is 42.5 Å². The van der Waals surface area contributed by atoms with Gasteiger partial charge in [0, 0.05) is 18.1 Å². The van der Waals surface area contributed by atoms with Crippen LogP contribution in [0.4, 0.5) is 0 Å². The van der Waals surface area contributed by atoms with Gasteiger partial charge in [-0.05, 0) is 36.1 Å². The summed E-state index contributed by atoms with van der Waals surface area (Å²) in [5, 5.41) is 3.35. The van der Waals surface area contributed by atoms with Crippen LogP contribution in [0.3, 0.4) is 0 Å². The van der Waals surface area contributed by atoms with Crippen molar-refractivity contribution in [1.29, 1.82) is 0 Å². The van der Waals surface area contributed by atoms with E-state index in [1.165, 1.54) is 0 Å². The summed E-state index contributed by atoms with van der Waals surface area (Å²) in [4.78, 5) is 12.5. The van der Waals surface area contributed by atoms with E-state index in [0.717, 1.165) is 24.0 Å². The first-order valence-electron chi connectivity index (χ1n) is 8.47. The molecule has 138 valence electrons. The molecule has 0 heterocycles. The van der Waals surface area contributed by atoms with Crippen LogP contribution in [0.2, 0.25) is 5.02 Å². The van der Waals surface area contributed by atoms with Crippen LogP contribution in [0.15, 0.2) is 54.6 Å². The summed E-state index contributed by atoms with van der Waals surface area (Å²) in [7, 11) is -3.46. The maximum Gasteiger partial charge on any atom is 0.230 e. The summed E-state index contributed by atoms with van der Waals surface area (Å²) in [6, 6.07) is 16.6. The standard InChI is InChI=1S/C19H21ClN2O3S/c20-17-8-4-7-16(13-17)19(9-10-19)18(23)21-11-12-26(24,25)22-14-15-5-2-1-3-6-15/h1-8,13,22H,9-12,14H2,(H,21,23). The highest BCUT2D eigenvalue weighted by molar-refractivity contribution is 7.89. The summed E-state index contributed by atoms with van der Waals surface area (Å²) in [5.41, 5.74) is 1.21. The normalized spacial score (nSPS) is 15.4. The first kappa shape index (κ1) is 18.9. The average molecular weight is 393 g/mol. The monoisotopic (exact) mass is 392 g/mol. The predicted molar refractivity (Wildman–Crippen MR) is 102 cm³/mol. The number of carbonyl (C=O) groups excluding carboxylic acids is 1. The largest absolute Gasteiger partial charge is 0.354 e. The molecule has 0 saturated heterocycles. The molecule has 1 aliphatic rings. The van der Waals surface area contributed by atoms with E-state index in [-0.39, 0.29) is 24.7 Å². The number of amides is 1. The lowest BCUT2D eigenvalue weighted by atomic mass is 9.95. The minimum Gasteiger partial charge on any atom is -0.354 e. The lowest BCUT2D eigenvalue weighted by Gasteiger charge is -2.16. The molecule has 7 heteroatoms. The van der Waals surface area contributed by atoms with Crippen LogP contribution in [0, 0.1) is 0 Å². The summed E-state index contributed by atoms with van der Waals surface area (Å²) in [5.74, 6) is -0.296. The van der Waals surface area contributed by atoms with Crippen LogP contribution < -0.4 is 10.0 Å². The van der Waals surface area contributed by atoms with Crippen LogP contribution in [0.1, 0.15) is 24.0 Å². The maximum atomic E-state index is 12.5. The van der Waals surface area contributed by atoms with E-state index >= 15 is 0 Å². The molecule has 0 unspecified atom stereocenters. The summed E-state index contributed by atoms with van der Waals surface area (Å²) >= 11 is 6.01. The van der Waals surface area contributed by atoms with E-state index in [0.29, 0.717) is 5.02 Å². The van der Waals surface area contributed by atoms with Crippen molar-refractivity contribution in [2.24, 2.45) is 0 Å². The van der Waals surface area contributed by atoms with Crippen molar-refractivity contribution in [3.63, 3.8) is 0 Å². The average Bonchev–Trinajstić information content (AvgIpc) is 3.43. The number of halogens is 1. The molecule has 2 N–H and O–H groups in total. The Kier molecular flexibility index (Phi) is 5.65. The van der Waals surface area contributed by atoms with Gasteiger partial charge in [-0.3, -0.25) is 4.79 Å². The molecule has 1 amide bonds. The maximum absolute atomic E-state index is 12.5. The third kappa shape index (κ3) is 4.63. The molecule has 0 aromatic heterocycles. The van der Waals surface area contributed by atoms with E-state index in [2.05, 4.69) is 10.0 Å². The molecule has 1 saturated carbocycles. The Balaban J connectivity index is 1.50. The molecular weight excluding hydrogens is 372 g/mol. The van der Waals surface area contributed by atoms with Gasteiger partial charge in [0.05, 0.1) is 11.2 Å². The quantitative estimate of drug-likeness (QED) is 0.725. The Morgan fingerprint density at radius 3 is 2.46 bits per heavy atom. The van der Waals surface area contributed by atoms with Crippen molar-refractivity contribution in [1.82, 2.24) is 10.0 Å². The highest BCUT2D eigenvalue weighted by atomic mass is 35.5. The van der Waals surface area contributed by atoms with Crippen molar-refractivity contribution in [2.75, 3.05) is 12.3 Å². The van der Waals surface area contributed by atoms with Crippen LogP contribution >= 0.6 is 11.6 Å². The Hall–Kier alpha value is -1.89. The minimum atomic E-state index is -3.46. The number of hydrogen-bond donors (Lipinski definition) is 2. The molecule has 0 spiro atoms. The first-order valence-corrected chi connectivity index (χ1v) is 10.5. The number of benzene rings is 2. The van der Waals surface area contributed by atoms with Crippen molar-refractivity contribution in [3.8, 4) is 0 Å². The second kappa shape index (κ2) is 7.78. The first-order chi connectivity index (χ1) is 12.4. The van der Waals surface area contributed by atoms with Gasteiger partial charge in [-0.15, -0.1) is 0 Å². The molecule has 1 fully saturated rings. The van der Waals surface area contributed by atoms with Crippen LogP contribution in [-0.2, 0) is 26.8 Å². The Morgan fingerprint density at radius 2 is 1.81 bits per heavy atom. The van der Waals surface area contributed by atoms with Gasteiger partial charge in [0.1, 0.15) is 0 Å². The number of rotatable bonds is 8. The van der Waals surface area contributed by atoms with Gasteiger partial charge >= 0.3 is 0 Å². The molecule has 0 atom stereocenters.